The fourth-order valence-corrected chi connectivity index (χ4v) is 6.70. The zero-order chi connectivity index (χ0) is 35.8. The molecule has 272 valence electrons. The van der Waals surface area contributed by atoms with E-state index < -0.39 is 36.0 Å². The van der Waals surface area contributed by atoms with E-state index in [1.807, 2.05) is 11.9 Å². The highest BCUT2D eigenvalue weighted by molar-refractivity contribution is 6.42. The number of halogens is 8. The molecule has 0 spiro atoms. The summed E-state index contributed by atoms with van der Waals surface area (Å²) in [6.45, 7) is 3.16. The Hall–Kier alpha value is -2.58. The van der Waals surface area contributed by atoms with Crippen LogP contribution in [0, 0.1) is 0 Å². The van der Waals surface area contributed by atoms with Gasteiger partial charge in [-0.05, 0) is 67.3 Å². The first kappa shape index (κ1) is 39.2. The molecule has 1 amide bonds. The van der Waals surface area contributed by atoms with Gasteiger partial charge in [-0.15, -0.1) is 0 Å². The van der Waals surface area contributed by atoms with Crippen LogP contribution in [0.4, 0.5) is 26.3 Å². The second kappa shape index (κ2) is 17.6. The summed E-state index contributed by atoms with van der Waals surface area (Å²) in [5, 5.41) is 4.80. The van der Waals surface area contributed by atoms with E-state index >= 15 is 0 Å². The van der Waals surface area contributed by atoms with Gasteiger partial charge < -0.3 is 19.4 Å². The average Bonchev–Trinajstić information content (AvgIpc) is 3.06. The molecule has 1 aliphatic carbocycles. The van der Waals surface area contributed by atoms with E-state index in [0.29, 0.717) is 53.4 Å². The molecule has 2 aliphatic rings. The molecule has 0 bridgehead atoms. The van der Waals surface area contributed by atoms with E-state index in [9.17, 15) is 31.1 Å². The van der Waals surface area contributed by atoms with Crippen LogP contribution in [0.25, 0.3) is 0 Å². The Morgan fingerprint density at radius 2 is 1.53 bits per heavy atom. The maximum atomic E-state index is 13.4. The number of hydrogen-bond acceptors (Lipinski definition) is 6. The number of ether oxygens (including phenoxy) is 1. The van der Waals surface area contributed by atoms with Gasteiger partial charge >= 0.3 is 12.4 Å². The van der Waals surface area contributed by atoms with Gasteiger partial charge in [0.05, 0.1) is 46.6 Å². The predicted molar refractivity (Wildman–Crippen MR) is 177 cm³/mol. The zero-order valence-electron chi connectivity index (χ0n) is 27.6. The smallest absolute Gasteiger partial charge is 0.399 e. The van der Waals surface area contributed by atoms with Crippen LogP contribution in [0.1, 0.15) is 66.7 Å². The van der Waals surface area contributed by atoms with Gasteiger partial charge in [-0.2, -0.15) is 26.3 Å². The van der Waals surface area contributed by atoms with Crippen LogP contribution in [0.3, 0.4) is 0 Å². The van der Waals surface area contributed by atoms with Crippen molar-refractivity contribution >= 4 is 34.8 Å². The monoisotopic (exact) mass is 738 g/mol. The molecule has 0 aromatic heterocycles. The Balaban J connectivity index is 1.41. The third-order valence-electron chi connectivity index (χ3n) is 9.20. The van der Waals surface area contributed by atoms with E-state index in [4.69, 9.17) is 32.8 Å². The fraction of sp³-hybridized carbons (Fsp3) is 0.588. The molecule has 1 unspecified atom stereocenters. The minimum atomic E-state index is -4.97. The van der Waals surface area contributed by atoms with Crippen LogP contribution in [0.15, 0.2) is 41.6 Å². The van der Waals surface area contributed by atoms with Crippen molar-refractivity contribution in [1.82, 2.24) is 14.7 Å². The lowest BCUT2D eigenvalue weighted by atomic mass is 9.90. The van der Waals surface area contributed by atoms with Crippen molar-refractivity contribution in [2.45, 2.75) is 69.4 Å². The minimum absolute atomic E-state index is 0.0786. The van der Waals surface area contributed by atoms with Crippen molar-refractivity contribution in [2.75, 3.05) is 60.0 Å². The molecular weight excluding hydrogens is 697 g/mol. The maximum Gasteiger partial charge on any atom is 0.416 e. The van der Waals surface area contributed by atoms with Gasteiger partial charge in [0, 0.05) is 45.2 Å². The predicted octanol–water partition coefficient (Wildman–Crippen LogP) is 8.13. The first-order valence-electron chi connectivity index (χ1n) is 16.3. The second-order valence-electron chi connectivity index (χ2n) is 12.6. The van der Waals surface area contributed by atoms with Crippen molar-refractivity contribution in [3.8, 4) is 0 Å². The first-order valence-corrected chi connectivity index (χ1v) is 17.0. The molecule has 0 radical (unpaired) electrons. The Labute approximate surface area is 293 Å². The summed E-state index contributed by atoms with van der Waals surface area (Å²) in [4.78, 5) is 24.4. The summed E-state index contributed by atoms with van der Waals surface area (Å²) in [6, 6.07) is 6.77. The van der Waals surface area contributed by atoms with Crippen LogP contribution >= 0.6 is 23.2 Å². The van der Waals surface area contributed by atoms with Crippen LogP contribution in [-0.2, 0) is 33.3 Å². The molecule has 1 aliphatic heterocycles. The van der Waals surface area contributed by atoms with Crippen molar-refractivity contribution in [1.29, 1.82) is 0 Å². The number of hydrogen-bond donors (Lipinski definition) is 0. The molecule has 1 atom stereocenters. The minimum Gasteiger partial charge on any atom is -0.399 e. The summed E-state index contributed by atoms with van der Waals surface area (Å²) in [7, 11) is 3.24. The van der Waals surface area contributed by atoms with Crippen molar-refractivity contribution in [3.05, 3.63) is 68.7 Å². The normalized spacial score (nSPS) is 18.0. The summed E-state index contributed by atoms with van der Waals surface area (Å²) < 4.78 is 85.9. The lowest BCUT2D eigenvalue weighted by molar-refractivity contribution is -0.143. The number of likely N-dealkylation sites (N-methyl/N-ethyl adjacent to an activating group) is 1. The number of oxime groups is 1. The molecular formula is C34H42Cl2F6N4O3. The van der Waals surface area contributed by atoms with E-state index in [2.05, 4.69) is 15.0 Å². The third-order valence-corrected chi connectivity index (χ3v) is 9.94. The van der Waals surface area contributed by atoms with Gasteiger partial charge in [0.25, 0.3) is 0 Å². The second-order valence-corrected chi connectivity index (χ2v) is 13.4. The van der Waals surface area contributed by atoms with E-state index in [0.717, 1.165) is 57.4 Å². The molecule has 4 rings (SSSR count). The molecule has 49 heavy (non-hydrogen) atoms. The summed E-state index contributed by atoms with van der Waals surface area (Å²) in [6.07, 6.45) is -3.76. The first-order chi connectivity index (χ1) is 23.2. The van der Waals surface area contributed by atoms with Crippen molar-refractivity contribution in [3.63, 3.8) is 0 Å². The number of carbonyl (C=O) groups is 1. The maximum absolute atomic E-state index is 13.4. The van der Waals surface area contributed by atoms with Crippen LogP contribution < -0.4 is 0 Å². The molecule has 2 aromatic carbocycles. The van der Waals surface area contributed by atoms with Gasteiger partial charge in [-0.25, -0.2) is 0 Å². The van der Waals surface area contributed by atoms with Gasteiger partial charge in [0.1, 0.15) is 7.11 Å². The summed E-state index contributed by atoms with van der Waals surface area (Å²) >= 11 is 12.5. The number of amides is 1. The van der Waals surface area contributed by atoms with Gasteiger partial charge in [0.15, 0.2) is 0 Å². The lowest BCUT2D eigenvalue weighted by Crippen LogP contribution is -2.51. The Morgan fingerprint density at radius 3 is 2.10 bits per heavy atom. The molecule has 1 saturated carbocycles. The topological polar surface area (TPSA) is 57.6 Å². The Morgan fingerprint density at radius 1 is 0.918 bits per heavy atom. The fourth-order valence-electron chi connectivity index (χ4n) is 6.40. The van der Waals surface area contributed by atoms with Crippen LogP contribution in [-0.4, -0.2) is 92.4 Å². The standard InChI is InChI=1S/C34H42Cl2F6N4O3/c1-44(27-6-4-3-5-7-27)32(47)20-46-14-12-45(13-15-46)11-10-28(24-8-9-29(35)30(36)18-24)31(43-48-2)22-49-21-23-16-25(33(37,38)39)19-26(17-23)34(40,41)42/h8-9,16-19,27-28H,3-7,10-15,20-22H2,1-2H3/b43-31+. The van der Waals surface area contributed by atoms with Crippen molar-refractivity contribution < 1.29 is 40.7 Å². The van der Waals surface area contributed by atoms with Gasteiger partial charge in [0.2, 0.25) is 5.91 Å². The van der Waals surface area contributed by atoms with E-state index in [1.165, 1.54) is 13.5 Å². The van der Waals surface area contributed by atoms with E-state index in [1.54, 1.807) is 18.2 Å². The number of benzene rings is 2. The number of alkyl halides is 6. The average molecular weight is 740 g/mol. The quantitative estimate of drug-likeness (QED) is 0.118. The largest absolute Gasteiger partial charge is 0.416 e. The molecule has 7 nitrogen and oxygen atoms in total. The molecule has 2 fully saturated rings. The SMILES string of the molecule is CO/N=C(\COCc1cc(C(F)(F)F)cc(C(F)(F)F)c1)C(CCN1CCN(CC(=O)N(C)C2CCCCC2)CC1)c1ccc(Cl)c(Cl)c1. The molecule has 1 heterocycles. The highest BCUT2D eigenvalue weighted by atomic mass is 35.5. The number of carbonyl (C=O) groups excluding carboxylic acids is 1. The third kappa shape index (κ3) is 11.5. The van der Waals surface area contributed by atoms with E-state index in [-0.39, 0.29) is 24.1 Å². The highest BCUT2D eigenvalue weighted by Crippen LogP contribution is 2.37. The highest BCUT2D eigenvalue weighted by Gasteiger charge is 2.37. The van der Waals surface area contributed by atoms with Crippen molar-refractivity contribution in [2.24, 2.45) is 5.16 Å². The molecule has 2 aromatic rings. The Kier molecular flexibility index (Phi) is 14.1. The Bertz CT molecular complexity index is 1400. The number of nitrogens with zero attached hydrogens (tertiary/aromatic N) is 4. The van der Waals surface area contributed by atoms with Crippen LogP contribution in [0.2, 0.25) is 10.0 Å². The molecule has 1 saturated heterocycles. The number of rotatable bonds is 13. The van der Waals surface area contributed by atoms with Crippen LogP contribution in [0.5, 0.6) is 0 Å². The molecule has 0 N–H and O–H groups in total. The lowest BCUT2D eigenvalue weighted by Gasteiger charge is -2.37. The summed E-state index contributed by atoms with van der Waals surface area (Å²) in [5.41, 5.74) is -2.01. The zero-order valence-corrected chi connectivity index (χ0v) is 29.1. The molecule has 15 heteroatoms. The van der Waals surface area contributed by atoms with Gasteiger partial charge in [-0.1, -0.05) is 53.7 Å². The van der Waals surface area contributed by atoms with Gasteiger partial charge in [-0.3, -0.25) is 9.69 Å². The number of piperazine rings is 1. The summed E-state index contributed by atoms with van der Waals surface area (Å²) in [5.74, 6) is -0.286.